The van der Waals surface area contributed by atoms with Crippen molar-refractivity contribution in [2.75, 3.05) is 19.7 Å². The van der Waals surface area contributed by atoms with Crippen LogP contribution in [-0.2, 0) is 11.3 Å². The molecule has 3 N–H and O–H groups in total. The van der Waals surface area contributed by atoms with Crippen LogP contribution in [-0.4, -0.2) is 25.8 Å². The largest absolute Gasteiger partial charge is 0.492 e. The van der Waals surface area contributed by atoms with E-state index in [-0.39, 0.29) is 6.61 Å². The van der Waals surface area contributed by atoms with Crippen LogP contribution in [0.4, 0.5) is 4.79 Å². The van der Waals surface area contributed by atoms with Gasteiger partial charge in [0.2, 0.25) is 0 Å². The molecule has 0 aliphatic carbocycles. The number of carbonyl (C=O) groups is 1. The van der Waals surface area contributed by atoms with Crippen molar-refractivity contribution in [1.82, 2.24) is 5.32 Å². The molecule has 29 heavy (non-hydrogen) atoms. The summed E-state index contributed by atoms with van der Waals surface area (Å²) in [5.74, 6) is 7.09. The molecule has 0 aliphatic heterocycles. The minimum atomic E-state index is -0.442. The summed E-state index contributed by atoms with van der Waals surface area (Å²) in [5.41, 5.74) is 7.40. The van der Waals surface area contributed by atoms with E-state index in [0.29, 0.717) is 26.1 Å². The van der Waals surface area contributed by atoms with Crippen LogP contribution in [0.25, 0.3) is 10.8 Å². The average Bonchev–Trinajstić information content (AvgIpc) is 2.77. The third-order valence-corrected chi connectivity index (χ3v) is 4.21. The predicted molar refractivity (Wildman–Crippen MR) is 115 cm³/mol. The van der Waals surface area contributed by atoms with Crippen LogP contribution in [0.1, 0.15) is 17.5 Å². The second-order valence-electron chi connectivity index (χ2n) is 6.33. The fourth-order valence-electron chi connectivity index (χ4n) is 2.83. The van der Waals surface area contributed by atoms with E-state index in [1.54, 1.807) is 0 Å². The highest BCUT2D eigenvalue weighted by atomic mass is 16.5. The number of carbonyl (C=O) groups excluding carboxylic acids is 1. The van der Waals surface area contributed by atoms with Crippen LogP contribution >= 0.6 is 0 Å². The summed E-state index contributed by atoms with van der Waals surface area (Å²) in [4.78, 5) is 11.7. The Bertz CT molecular complexity index is 1010. The van der Waals surface area contributed by atoms with E-state index in [2.05, 4.69) is 17.2 Å². The van der Waals surface area contributed by atoms with Crippen molar-refractivity contribution in [3.63, 3.8) is 0 Å². The highest BCUT2D eigenvalue weighted by Gasteiger charge is 2.05. The van der Waals surface area contributed by atoms with Crippen molar-refractivity contribution in [3.05, 3.63) is 77.9 Å². The molecule has 0 aromatic heterocycles. The van der Waals surface area contributed by atoms with E-state index in [4.69, 9.17) is 15.2 Å². The summed E-state index contributed by atoms with van der Waals surface area (Å²) in [6.07, 6.45) is 0.0858. The number of rotatable bonds is 7. The van der Waals surface area contributed by atoms with Gasteiger partial charge in [-0.15, -0.1) is 0 Å². The second kappa shape index (κ2) is 10.7. The molecule has 3 aromatic carbocycles. The Morgan fingerprint density at radius 1 is 0.966 bits per heavy atom. The maximum absolute atomic E-state index is 11.7. The number of ether oxygens (including phenoxy) is 2. The minimum Gasteiger partial charge on any atom is -0.492 e. The Labute approximate surface area is 170 Å². The van der Waals surface area contributed by atoms with Crippen molar-refractivity contribution < 1.29 is 14.3 Å². The molecular formula is C24H24N2O3. The van der Waals surface area contributed by atoms with Gasteiger partial charge in [-0.3, -0.25) is 0 Å². The molecule has 5 heteroatoms. The average molecular weight is 388 g/mol. The van der Waals surface area contributed by atoms with Crippen LogP contribution in [0.3, 0.4) is 0 Å². The molecule has 5 nitrogen and oxygen atoms in total. The Morgan fingerprint density at radius 3 is 2.52 bits per heavy atom. The number of benzene rings is 3. The summed E-state index contributed by atoms with van der Waals surface area (Å²) < 4.78 is 10.9. The van der Waals surface area contributed by atoms with E-state index in [0.717, 1.165) is 27.6 Å². The highest BCUT2D eigenvalue weighted by molar-refractivity contribution is 5.93. The molecule has 0 heterocycles. The third-order valence-electron chi connectivity index (χ3n) is 4.21. The number of amides is 1. The van der Waals surface area contributed by atoms with Crippen molar-refractivity contribution >= 4 is 16.9 Å². The van der Waals surface area contributed by atoms with Crippen LogP contribution in [0, 0.1) is 11.8 Å². The maximum Gasteiger partial charge on any atom is 0.407 e. The standard InChI is InChI=1S/C24H24N2O3/c25-15-17-28-23-14-13-20(21-11-4-5-12-22(21)23)10-6-7-16-26-24(27)29-18-19-8-2-1-3-9-19/h1-5,8-9,11-14H,7,15-18,25H2,(H,26,27). The fourth-order valence-corrected chi connectivity index (χ4v) is 2.83. The van der Waals surface area contributed by atoms with E-state index in [1.165, 1.54) is 0 Å². The number of alkyl carbamates (subject to hydrolysis) is 1. The van der Waals surface area contributed by atoms with E-state index >= 15 is 0 Å². The molecule has 0 unspecified atom stereocenters. The quantitative estimate of drug-likeness (QED) is 0.476. The monoisotopic (exact) mass is 388 g/mol. The lowest BCUT2D eigenvalue weighted by atomic mass is 10.0. The Kier molecular flexibility index (Phi) is 7.50. The van der Waals surface area contributed by atoms with Gasteiger partial charge in [0.1, 0.15) is 19.0 Å². The summed E-state index contributed by atoms with van der Waals surface area (Å²) in [5, 5.41) is 4.75. The molecule has 148 valence electrons. The molecule has 0 bridgehead atoms. The van der Waals surface area contributed by atoms with Gasteiger partial charge in [-0.25, -0.2) is 4.79 Å². The molecule has 3 aromatic rings. The third kappa shape index (κ3) is 6.00. The lowest BCUT2D eigenvalue weighted by molar-refractivity contribution is 0.140. The van der Waals surface area contributed by atoms with Gasteiger partial charge < -0.3 is 20.5 Å². The zero-order valence-electron chi connectivity index (χ0n) is 16.2. The molecule has 0 fully saturated rings. The molecular weight excluding hydrogens is 364 g/mol. The van der Waals surface area contributed by atoms with Gasteiger partial charge in [0.15, 0.2) is 0 Å². The fraction of sp³-hybridized carbons (Fsp3) is 0.208. The maximum atomic E-state index is 11.7. The first-order valence-electron chi connectivity index (χ1n) is 9.56. The van der Waals surface area contributed by atoms with Gasteiger partial charge >= 0.3 is 6.09 Å². The first-order valence-corrected chi connectivity index (χ1v) is 9.56. The summed E-state index contributed by atoms with van der Waals surface area (Å²) in [7, 11) is 0. The molecule has 0 atom stereocenters. The van der Waals surface area contributed by atoms with Gasteiger partial charge in [0.05, 0.1) is 0 Å². The number of hydrogen-bond donors (Lipinski definition) is 2. The minimum absolute atomic E-state index is 0.253. The smallest absolute Gasteiger partial charge is 0.407 e. The van der Waals surface area contributed by atoms with Crippen LogP contribution in [0.5, 0.6) is 5.75 Å². The summed E-state index contributed by atoms with van der Waals surface area (Å²) in [6, 6.07) is 21.4. The normalized spacial score (nSPS) is 10.1. The zero-order valence-corrected chi connectivity index (χ0v) is 16.2. The van der Waals surface area contributed by atoms with Gasteiger partial charge in [-0.1, -0.05) is 66.4 Å². The second-order valence-corrected chi connectivity index (χ2v) is 6.33. The van der Waals surface area contributed by atoms with Crippen molar-refractivity contribution in [3.8, 4) is 17.6 Å². The number of hydrogen-bond acceptors (Lipinski definition) is 4. The zero-order chi connectivity index (χ0) is 20.3. The Hall–Kier alpha value is -3.49. The van der Waals surface area contributed by atoms with E-state index in [9.17, 15) is 4.79 Å². The molecule has 0 saturated heterocycles. The topological polar surface area (TPSA) is 73.6 Å². The van der Waals surface area contributed by atoms with E-state index in [1.807, 2.05) is 66.7 Å². The molecule has 3 rings (SSSR count). The van der Waals surface area contributed by atoms with Gasteiger partial charge in [0.25, 0.3) is 0 Å². The molecule has 0 spiro atoms. The summed E-state index contributed by atoms with van der Waals surface area (Å²) >= 11 is 0. The van der Waals surface area contributed by atoms with Crippen molar-refractivity contribution in [2.45, 2.75) is 13.0 Å². The summed E-state index contributed by atoms with van der Waals surface area (Å²) in [6.45, 7) is 1.62. The number of nitrogens with one attached hydrogen (secondary N) is 1. The van der Waals surface area contributed by atoms with E-state index < -0.39 is 6.09 Å². The molecule has 0 saturated carbocycles. The van der Waals surface area contributed by atoms with Crippen LogP contribution < -0.4 is 15.8 Å². The molecule has 0 aliphatic rings. The SMILES string of the molecule is NCCOc1ccc(C#CCCNC(=O)OCc2ccccc2)c2ccccc12. The number of nitrogens with two attached hydrogens (primary N) is 1. The highest BCUT2D eigenvalue weighted by Crippen LogP contribution is 2.28. The molecule has 1 amide bonds. The Balaban J connectivity index is 1.52. The Morgan fingerprint density at radius 2 is 1.72 bits per heavy atom. The van der Waals surface area contributed by atoms with Crippen LogP contribution in [0.15, 0.2) is 66.7 Å². The number of fused-ring (bicyclic) bond motifs is 1. The van der Waals surface area contributed by atoms with Gasteiger partial charge in [-0.2, -0.15) is 0 Å². The first kappa shape index (κ1) is 20.2. The van der Waals surface area contributed by atoms with Crippen LogP contribution in [0.2, 0.25) is 0 Å². The predicted octanol–water partition coefficient (Wildman–Crippen LogP) is 3.85. The van der Waals surface area contributed by atoms with Crippen molar-refractivity contribution in [1.29, 1.82) is 0 Å². The van der Waals surface area contributed by atoms with Gasteiger partial charge in [-0.05, 0) is 17.7 Å². The van der Waals surface area contributed by atoms with Gasteiger partial charge in [0, 0.05) is 35.8 Å². The lowest BCUT2D eigenvalue weighted by Crippen LogP contribution is -2.24. The van der Waals surface area contributed by atoms with Crippen molar-refractivity contribution in [2.24, 2.45) is 5.73 Å². The first-order chi connectivity index (χ1) is 14.3. The lowest BCUT2D eigenvalue weighted by Gasteiger charge is -2.09. The molecule has 0 radical (unpaired) electrons.